The van der Waals surface area contributed by atoms with Gasteiger partial charge in [0.15, 0.2) is 0 Å². The lowest BCUT2D eigenvalue weighted by Crippen LogP contribution is -2.48. The summed E-state index contributed by atoms with van der Waals surface area (Å²) in [5.41, 5.74) is -0.604. The molecule has 1 aliphatic heterocycles. The highest BCUT2D eigenvalue weighted by Gasteiger charge is 2.50. The van der Waals surface area contributed by atoms with Crippen molar-refractivity contribution in [2.45, 2.75) is 96.9 Å². The van der Waals surface area contributed by atoms with Crippen LogP contribution in [0.1, 0.15) is 67.2 Å². The Kier molecular flexibility index (Phi) is 6.20. The first-order valence-electron chi connectivity index (χ1n) is 9.30. The molecule has 1 saturated carbocycles. The molecule has 2 rings (SSSR count). The van der Waals surface area contributed by atoms with Gasteiger partial charge in [-0.15, -0.1) is 0 Å². The Morgan fingerprint density at radius 3 is 2.24 bits per heavy atom. The van der Waals surface area contributed by atoms with E-state index in [0.29, 0.717) is 5.92 Å². The second kappa shape index (κ2) is 7.66. The van der Waals surface area contributed by atoms with E-state index >= 15 is 0 Å². The molecular weight excluding hydrogens is 321 g/mol. The molecule has 1 saturated heterocycles. The van der Waals surface area contributed by atoms with E-state index in [9.17, 15) is 9.59 Å². The third-order valence-electron chi connectivity index (χ3n) is 5.71. The van der Waals surface area contributed by atoms with Gasteiger partial charge in [0, 0.05) is 13.8 Å². The van der Waals surface area contributed by atoms with Crippen molar-refractivity contribution in [3.05, 3.63) is 0 Å². The molecule has 0 aromatic carbocycles. The molecule has 0 bridgehead atoms. The van der Waals surface area contributed by atoms with E-state index in [4.69, 9.17) is 14.0 Å². The Morgan fingerprint density at radius 2 is 1.72 bits per heavy atom. The Labute approximate surface area is 151 Å². The highest BCUT2D eigenvalue weighted by Crippen LogP contribution is 2.39. The largest absolute Gasteiger partial charge is 0.460 e. The van der Waals surface area contributed by atoms with Gasteiger partial charge in [-0.1, -0.05) is 6.42 Å². The molecule has 0 radical (unpaired) electrons. The van der Waals surface area contributed by atoms with Crippen LogP contribution in [0.2, 0.25) is 6.32 Å². The fraction of sp³-hybridized carbons (Fsp3) is 0.889. The van der Waals surface area contributed by atoms with E-state index in [2.05, 4.69) is 33.0 Å². The van der Waals surface area contributed by atoms with E-state index in [-0.39, 0.29) is 42.3 Å². The van der Waals surface area contributed by atoms with Gasteiger partial charge in [-0.3, -0.25) is 9.59 Å². The average Bonchev–Trinajstić information content (AvgIpc) is 2.66. The van der Waals surface area contributed by atoms with Gasteiger partial charge in [0.05, 0.1) is 17.2 Å². The summed E-state index contributed by atoms with van der Waals surface area (Å²) < 4.78 is 17.5. The summed E-state index contributed by atoms with van der Waals surface area (Å²) >= 11 is 0. The minimum absolute atomic E-state index is 0.0891. The van der Waals surface area contributed by atoms with E-state index < -0.39 is 0 Å². The smallest absolute Gasteiger partial charge is 0.457 e. The van der Waals surface area contributed by atoms with E-state index in [1.54, 1.807) is 0 Å². The average molecular weight is 353 g/mol. The van der Waals surface area contributed by atoms with Crippen LogP contribution in [0.4, 0.5) is 0 Å². The zero-order chi connectivity index (χ0) is 18.8. The lowest BCUT2D eigenvalue weighted by Gasteiger charge is -2.36. The van der Waals surface area contributed by atoms with Gasteiger partial charge in [0.1, 0.15) is 6.10 Å². The topological polar surface area (TPSA) is 73.9 Å². The molecule has 1 heterocycles. The second-order valence-electron chi connectivity index (χ2n) is 8.40. The van der Waals surface area contributed by atoms with Crippen molar-refractivity contribution in [1.82, 2.24) is 5.32 Å². The minimum atomic E-state index is -0.302. The molecule has 1 amide bonds. The number of carbonyl (C=O) groups is 2. The van der Waals surface area contributed by atoms with Crippen molar-refractivity contribution in [2.75, 3.05) is 0 Å². The predicted octanol–water partition coefficient (Wildman–Crippen LogP) is 2.71. The molecule has 2 fully saturated rings. The van der Waals surface area contributed by atoms with Crippen LogP contribution in [0.3, 0.4) is 0 Å². The van der Waals surface area contributed by atoms with Crippen molar-refractivity contribution in [1.29, 1.82) is 0 Å². The van der Waals surface area contributed by atoms with Gasteiger partial charge in [-0.2, -0.15) is 0 Å². The molecule has 2 aliphatic rings. The molecule has 7 heteroatoms. The summed E-state index contributed by atoms with van der Waals surface area (Å²) in [6, 6.07) is -0.113. The fourth-order valence-corrected chi connectivity index (χ4v) is 3.71. The zero-order valence-electron chi connectivity index (χ0n) is 16.4. The second-order valence-corrected chi connectivity index (χ2v) is 8.40. The molecular formula is C18H32BNO5. The quantitative estimate of drug-likeness (QED) is 0.608. The summed E-state index contributed by atoms with van der Waals surface area (Å²) in [4.78, 5) is 22.7. The molecule has 0 aromatic heterocycles. The Morgan fingerprint density at radius 1 is 1.12 bits per heavy atom. The maximum absolute atomic E-state index is 11.5. The fourth-order valence-electron chi connectivity index (χ4n) is 3.71. The number of esters is 1. The van der Waals surface area contributed by atoms with Crippen LogP contribution in [0.15, 0.2) is 0 Å². The number of nitrogens with one attached hydrogen (secondary N) is 1. The molecule has 0 spiro atoms. The van der Waals surface area contributed by atoms with Crippen molar-refractivity contribution in [3.8, 4) is 0 Å². The van der Waals surface area contributed by atoms with Crippen LogP contribution in [-0.2, 0) is 23.6 Å². The number of hydrogen-bond donors (Lipinski definition) is 1. The van der Waals surface area contributed by atoms with Gasteiger partial charge >= 0.3 is 13.1 Å². The molecule has 142 valence electrons. The minimum Gasteiger partial charge on any atom is -0.460 e. The van der Waals surface area contributed by atoms with Gasteiger partial charge in [0.2, 0.25) is 5.91 Å². The number of hydrogen-bond acceptors (Lipinski definition) is 5. The maximum atomic E-state index is 11.5. The first-order chi connectivity index (χ1) is 11.5. The predicted molar refractivity (Wildman–Crippen MR) is 96.0 cm³/mol. The molecule has 25 heavy (non-hydrogen) atoms. The molecule has 6 nitrogen and oxygen atoms in total. The van der Waals surface area contributed by atoms with Gasteiger partial charge < -0.3 is 19.4 Å². The molecule has 0 unspecified atom stereocenters. The third-order valence-corrected chi connectivity index (χ3v) is 5.71. The van der Waals surface area contributed by atoms with Crippen molar-refractivity contribution in [3.63, 3.8) is 0 Å². The molecule has 3 atom stereocenters. The zero-order valence-corrected chi connectivity index (χ0v) is 16.4. The first kappa shape index (κ1) is 20.2. The van der Waals surface area contributed by atoms with Crippen LogP contribution in [0.25, 0.3) is 0 Å². The van der Waals surface area contributed by atoms with Crippen LogP contribution in [0.5, 0.6) is 0 Å². The summed E-state index contributed by atoms with van der Waals surface area (Å²) in [6.07, 6.45) is 4.15. The van der Waals surface area contributed by atoms with Gasteiger partial charge in [-0.25, -0.2) is 0 Å². The standard InChI is InChI=1S/C18H32BNO5/c1-12(21)20-15-11-14(7-8-16(15)23-13(2)22)9-10-19-24-17(3,4)18(5,6)25-19/h14-16H,7-11H2,1-6H3,(H,20,21)/t14-,15-,16+/m0/s1. The number of carbonyl (C=O) groups excluding carboxylic acids is 2. The van der Waals surface area contributed by atoms with Gasteiger partial charge in [-0.05, 0) is 59.2 Å². The van der Waals surface area contributed by atoms with E-state index in [1.165, 1.54) is 13.8 Å². The summed E-state index contributed by atoms with van der Waals surface area (Å²) in [6.45, 7) is 11.1. The summed E-state index contributed by atoms with van der Waals surface area (Å²) in [5.74, 6) is 0.0764. The maximum Gasteiger partial charge on any atom is 0.457 e. The Bertz CT molecular complexity index is 492. The normalized spacial score (nSPS) is 30.8. The highest BCUT2D eigenvalue weighted by molar-refractivity contribution is 6.45. The first-order valence-corrected chi connectivity index (χ1v) is 9.30. The monoisotopic (exact) mass is 353 g/mol. The number of amides is 1. The summed E-state index contributed by atoms with van der Waals surface area (Å²) in [5, 5.41) is 2.94. The van der Waals surface area contributed by atoms with Crippen LogP contribution < -0.4 is 5.32 Å². The summed E-state index contributed by atoms with van der Waals surface area (Å²) in [7, 11) is -0.185. The van der Waals surface area contributed by atoms with E-state index in [0.717, 1.165) is 32.0 Å². The third kappa shape index (κ3) is 5.20. The Balaban J connectivity index is 1.87. The van der Waals surface area contributed by atoms with Crippen LogP contribution in [-0.4, -0.2) is 42.3 Å². The lowest BCUT2D eigenvalue weighted by molar-refractivity contribution is -0.150. The molecule has 0 aromatic rings. The molecule has 1 aliphatic carbocycles. The number of ether oxygens (including phenoxy) is 1. The van der Waals surface area contributed by atoms with Crippen molar-refractivity contribution >= 4 is 19.0 Å². The highest BCUT2D eigenvalue weighted by atomic mass is 16.7. The van der Waals surface area contributed by atoms with Crippen LogP contribution >= 0.6 is 0 Å². The van der Waals surface area contributed by atoms with E-state index in [1.807, 2.05) is 0 Å². The van der Waals surface area contributed by atoms with Crippen molar-refractivity contribution < 1.29 is 23.6 Å². The number of rotatable bonds is 5. The van der Waals surface area contributed by atoms with Gasteiger partial charge in [0.25, 0.3) is 0 Å². The SMILES string of the molecule is CC(=O)N[C@H]1C[C@H](CCB2OC(C)(C)C(C)(C)O2)CC[C@H]1OC(C)=O. The Hall–Kier alpha value is -1.08. The van der Waals surface area contributed by atoms with Crippen molar-refractivity contribution in [2.24, 2.45) is 5.92 Å². The molecule has 1 N–H and O–H groups in total. The lowest BCUT2D eigenvalue weighted by atomic mass is 9.74. The van der Waals surface area contributed by atoms with Crippen LogP contribution in [0, 0.1) is 5.92 Å².